The second-order valence-electron chi connectivity index (χ2n) is 12.9. The molecule has 3 aromatic carbocycles. The highest BCUT2D eigenvalue weighted by Crippen LogP contribution is 2.31. The van der Waals surface area contributed by atoms with Gasteiger partial charge in [0.05, 0.1) is 40.9 Å². The Bertz CT molecular complexity index is 1780. The molecule has 11 nitrogen and oxygen atoms in total. The fraction of sp³-hybridized carbons (Fsp3) is 0.444. The molecular formula is C36H44ClF3N4O7S. The number of aliphatic hydroxyl groups excluding tert-OH is 1. The summed E-state index contributed by atoms with van der Waals surface area (Å²) in [7, 11) is -2.44. The second-order valence-corrected chi connectivity index (χ2v) is 15.4. The van der Waals surface area contributed by atoms with Gasteiger partial charge in [0.1, 0.15) is 5.75 Å². The number of alkyl halides is 3. The van der Waals surface area contributed by atoms with Crippen molar-refractivity contribution in [3.8, 4) is 5.75 Å². The summed E-state index contributed by atoms with van der Waals surface area (Å²) in [5.74, 6) is -0.671. The van der Waals surface area contributed by atoms with Gasteiger partial charge in [-0.05, 0) is 99.8 Å². The Morgan fingerprint density at radius 3 is 2.31 bits per heavy atom. The summed E-state index contributed by atoms with van der Waals surface area (Å²) in [6.07, 6.45) is -3.46. The van der Waals surface area contributed by atoms with Crippen LogP contribution in [0.25, 0.3) is 0 Å². The van der Waals surface area contributed by atoms with Gasteiger partial charge in [-0.1, -0.05) is 18.5 Å². The van der Waals surface area contributed by atoms with Gasteiger partial charge in [-0.15, -0.1) is 0 Å². The number of nitrogens with zero attached hydrogens (tertiary/aromatic N) is 2. The summed E-state index contributed by atoms with van der Waals surface area (Å²) in [6.45, 7) is 5.40. The summed E-state index contributed by atoms with van der Waals surface area (Å²) in [5.41, 5.74) is -0.434. The van der Waals surface area contributed by atoms with Crippen molar-refractivity contribution >= 4 is 44.9 Å². The lowest BCUT2D eigenvalue weighted by molar-refractivity contribution is -0.137. The number of nitrogens with one attached hydrogen (secondary N) is 2. The number of fused-ring (bicyclic) bond motifs is 1. The number of hydrogen-bond acceptors (Lipinski definition) is 7. The molecule has 0 radical (unpaired) electrons. The number of carbonyl (C=O) groups excluding carboxylic acids is 2. The van der Waals surface area contributed by atoms with Crippen molar-refractivity contribution in [2.24, 2.45) is 5.92 Å². The molecule has 0 aliphatic carbocycles. The average Bonchev–Trinajstić information content (AvgIpc) is 3.09. The Morgan fingerprint density at radius 1 is 1.04 bits per heavy atom. The molecule has 0 spiro atoms. The van der Waals surface area contributed by atoms with Crippen LogP contribution in [0, 0.1) is 5.92 Å². The molecule has 4 atom stereocenters. The first-order valence-corrected chi connectivity index (χ1v) is 18.6. The summed E-state index contributed by atoms with van der Waals surface area (Å²) < 4.78 is 79.4. The monoisotopic (exact) mass is 768 g/mol. The standard InChI is InChI=1S/C36H44ClF3N4O7S/c1-23-20-44(24(2)22-45)34(46)31-19-29(42-35(47)41-28-12-8-26(9-13-28)36(38,39)40)14-17-32(31)51-25(3)7-5-6-18-50-33(23)21-43(4)52(48,49)30-15-10-27(37)11-16-30/h8-17,19,23-25,33,45H,5-7,18,20-22H2,1-4H3,(H2,41,42,47)/t23-,24+,25-,33-/m1/s1. The van der Waals surface area contributed by atoms with E-state index >= 15 is 0 Å². The first-order chi connectivity index (χ1) is 24.5. The van der Waals surface area contributed by atoms with Gasteiger partial charge >= 0.3 is 12.2 Å². The van der Waals surface area contributed by atoms with Crippen LogP contribution in [-0.4, -0.2) is 86.3 Å². The Kier molecular flexibility index (Phi) is 14.0. The van der Waals surface area contributed by atoms with Crippen LogP contribution < -0.4 is 15.4 Å². The van der Waals surface area contributed by atoms with Crippen molar-refractivity contribution in [2.75, 3.05) is 44.0 Å². The van der Waals surface area contributed by atoms with Crippen LogP contribution in [0.4, 0.5) is 29.3 Å². The molecular weight excluding hydrogens is 725 g/mol. The molecule has 4 rings (SSSR count). The van der Waals surface area contributed by atoms with E-state index in [2.05, 4.69) is 10.6 Å². The summed E-state index contributed by atoms with van der Waals surface area (Å²) in [5, 5.41) is 15.7. The van der Waals surface area contributed by atoms with Crippen molar-refractivity contribution in [3.63, 3.8) is 0 Å². The van der Waals surface area contributed by atoms with Crippen LogP contribution in [0.3, 0.4) is 0 Å². The van der Waals surface area contributed by atoms with Gasteiger partial charge in [-0.25, -0.2) is 13.2 Å². The molecule has 0 unspecified atom stereocenters. The molecule has 1 heterocycles. The highest BCUT2D eigenvalue weighted by Gasteiger charge is 2.33. The van der Waals surface area contributed by atoms with Crippen LogP contribution in [0.2, 0.25) is 5.02 Å². The number of aliphatic hydroxyl groups is 1. The van der Waals surface area contributed by atoms with Gasteiger partial charge in [0.15, 0.2) is 0 Å². The van der Waals surface area contributed by atoms with E-state index in [1.54, 1.807) is 13.0 Å². The molecule has 3 amide bonds. The highest BCUT2D eigenvalue weighted by atomic mass is 35.5. The van der Waals surface area contributed by atoms with Crippen molar-refractivity contribution in [1.82, 2.24) is 9.21 Å². The average molecular weight is 769 g/mol. The third-order valence-corrected chi connectivity index (χ3v) is 10.8. The van der Waals surface area contributed by atoms with Gasteiger partial charge < -0.3 is 30.1 Å². The van der Waals surface area contributed by atoms with Crippen LogP contribution in [0.1, 0.15) is 56.0 Å². The van der Waals surface area contributed by atoms with Gasteiger partial charge in [-0.2, -0.15) is 17.5 Å². The molecule has 3 N–H and O–H groups in total. The highest BCUT2D eigenvalue weighted by molar-refractivity contribution is 7.89. The fourth-order valence-corrected chi connectivity index (χ4v) is 6.95. The zero-order valence-electron chi connectivity index (χ0n) is 29.3. The van der Waals surface area contributed by atoms with E-state index in [4.69, 9.17) is 21.1 Å². The molecule has 1 aliphatic rings. The molecule has 0 aromatic heterocycles. The lowest BCUT2D eigenvalue weighted by Crippen LogP contribution is -2.48. The minimum Gasteiger partial charge on any atom is -0.490 e. The van der Waals surface area contributed by atoms with Crippen LogP contribution in [0.15, 0.2) is 71.6 Å². The van der Waals surface area contributed by atoms with Crippen molar-refractivity contribution in [1.29, 1.82) is 0 Å². The maximum Gasteiger partial charge on any atom is 0.416 e. The SMILES string of the molecule is C[C@@H]1CCCCO[C@H](CN(C)S(=O)(=O)c2ccc(Cl)cc2)[C@H](C)CN([C@@H](C)CO)C(=O)c2cc(NC(=O)Nc3ccc(C(F)(F)F)cc3)ccc2O1. The minimum atomic E-state index is -4.52. The van der Waals surface area contributed by atoms with E-state index in [1.807, 2.05) is 13.8 Å². The first kappa shape index (κ1) is 40.9. The quantitative estimate of drug-likeness (QED) is 0.222. The number of carbonyl (C=O) groups is 2. The zero-order chi connectivity index (χ0) is 38.2. The molecule has 0 saturated heterocycles. The predicted molar refractivity (Wildman–Crippen MR) is 192 cm³/mol. The number of hydrogen-bond donors (Lipinski definition) is 3. The number of amides is 3. The van der Waals surface area contributed by atoms with Crippen molar-refractivity contribution in [2.45, 2.75) is 69.4 Å². The second kappa shape index (κ2) is 17.8. The topological polar surface area (TPSA) is 138 Å². The molecule has 0 bridgehead atoms. The Morgan fingerprint density at radius 2 is 1.67 bits per heavy atom. The number of benzene rings is 3. The van der Waals surface area contributed by atoms with E-state index in [0.29, 0.717) is 24.5 Å². The van der Waals surface area contributed by atoms with E-state index in [-0.39, 0.29) is 53.4 Å². The van der Waals surface area contributed by atoms with Crippen LogP contribution in [0.5, 0.6) is 5.75 Å². The normalized spacial score (nSPS) is 20.0. The smallest absolute Gasteiger partial charge is 0.416 e. The fourth-order valence-electron chi connectivity index (χ4n) is 5.64. The number of anilines is 2. The third-order valence-electron chi connectivity index (χ3n) is 8.74. The van der Waals surface area contributed by atoms with Crippen LogP contribution in [-0.2, 0) is 20.9 Å². The lowest BCUT2D eigenvalue weighted by Gasteiger charge is -2.35. The van der Waals surface area contributed by atoms with E-state index in [0.717, 1.165) is 30.7 Å². The predicted octanol–water partition coefficient (Wildman–Crippen LogP) is 7.12. The van der Waals surface area contributed by atoms with Crippen LogP contribution >= 0.6 is 11.6 Å². The molecule has 0 fully saturated rings. The molecule has 0 saturated carbocycles. The largest absolute Gasteiger partial charge is 0.490 e. The van der Waals surface area contributed by atoms with E-state index in [1.165, 1.54) is 52.7 Å². The summed E-state index contributed by atoms with van der Waals surface area (Å²) in [4.78, 5) is 28.7. The number of likely N-dealkylation sites (N-methyl/N-ethyl adjacent to an activating group) is 1. The van der Waals surface area contributed by atoms with E-state index in [9.17, 15) is 36.3 Å². The first-order valence-electron chi connectivity index (χ1n) is 16.8. The van der Waals surface area contributed by atoms with E-state index < -0.39 is 51.8 Å². The number of rotatable bonds is 8. The molecule has 1 aliphatic heterocycles. The lowest BCUT2D eigenvalue weighted by atomic mass is 10.0. The maximum atomic E-state index is 14.4. The van der Waals surface area contributed by atoms with Gasteiger partial charge in [0.25, 0.3) is 5.91 Å². The molecule has 284 valence electrons. The number of sulfonamides is 1. The third kappa shape index (κ3) is 10.8. The molecule has 16 heteroatoms. The number of ether oxygens (including phenoxy) is 2. The maximum absolute atomic E-state index is 14.4. The summed E-state index contributed by atoms with van der Waals surface area (Å²) >= 11 is 5.97. The van der Waals surface area contributed by atoms with Gasteiger partial charge in [0.2, 0.25) is 10.0 Å². The Balaban J connectivity index is 1.60. The Labute approximate surface area is 307 Å². The van der Waals surface area contributed by atoms with Gasteiger partial charge in [0, 0.05) is 49.1 Å². The minimum absolute atomic E-state index is 0.0140. The van der Waals surface area contributed by atoms with Crippen molar-refractivity contribution in [3.05, 3.63) is 82.9 Å². The molecule has 3 aromatic rings. The Hall–Kier alpha value is -3.89. The number of halogens is 4. The van der Waals surface area contributed by atoms with Gasteiger partial charge in [-0.3, -0.25) is 4.79 Å². The zero-order valence-corrected chi connectivity index (χ0v) is 30.9. The van der Waals surface area contributed by atoms with Crippen molar-refractivity contribution < 1.29 is 45.8 Å². The number of urea groups is 1. The molecule has 52 heavy (non-hydrogen) atoms. The summed E-state index contributed by atoms with van der Waals surface area (Å²) in [6, 6.07) is 12.9.